The molecule has 0 bridgehead atoms. The lowest BCUT2D eigenvalue weighted by Gasteiger charge is -2.28. The summed E-state index contributed by atoms with van der Waals surface area (Å²) < 4.78 is 43.7. The lowest BCUT2D eigenvalue weighted by molar-refractivity contribution is -0.137. The van der Waals surface area contributed by atoms with Crippen LogP contribution in [0.2, 0.25) is 0 Å². The van der Waals surface area contributed by atoms with Crippen molar-refractivity contribution >= 4 is 11.6 Å². The Labute approximate surface area is 113 Å². The molecule has 20 heavy (non-hydrogen) atoms. The summed E-state index contributed by atoms with van der Waals surface area (Å²) in [6, 6.07) is 3.39. The molecule has 1 aromatic rings. The maximum absolute atomic E-state index is 12.9. The molecule has 1 aliphatic rings. The fourth-order valence-electron chi connectivity index (χ4n) is 2.06. The minimum atomic E-state index is -4.58. The number of hydrazine groups is 1. The molecule has 110 valence electrons. The number of alkyl halides is 3. The van der Waals surface area contributed by atoms with E-state index in [1.54, 1.807) is 0 Å². The fourth-order valence-corrected chi connectivity index (χ4v) is 2.06. The van der Waals surface area contributed by atoms with Gasteiger partial charge in [-0.05, 0) is 12.1 Å². The van der Waals surface area contributed by atoms with Gasteiger partial charge in [0.15, 0.2) is 0 Å². The van der Waals surface area contributed by atoms with E-state index in [-0.39, 0.29) is 5.56 Å². The Morgan fingerprint density at radius 2 is 1.95 bits per heavy atom. The van der Waals surface area contributed by atoms with E-state index in [1.165, 1.54) is 17.0 Å². The molecule has 0 unspecified atom stereocenters. The van der Waals surface area contributed by atoms with Gasteiger partial charge in [0.2, 0.25) is 0 Å². The number of para-hydroxylation sites is 1. The minimum absolute atomic E-state index is 0.0933. The highest BCUT2D eigenvalue weighted by Crippen LogP contribution is 2.36. The molecule has 0 aliphatic carbocycles. The Morgan fingerprint density at radius 1 is 1.30 bits per heavy atom. The molecule has 5 nitrogen and oxygen atoms in total. The van der Waals surface area contributed by atoms with Gasteiger partial charge in [0, 0.05) is 13.1 Å². The van der Waals surface area contributed by atoms with Crippen LogP contribution in [0.25, 0.3) is 0 Å². The van der Waals surface area contributed by atoms with Crippen LogP contribution >= 0.6 is 0 Å². The second-order valence-corrected chi connectivity index (χ2v) is 4.27. The van der Waals surface area contributed by atoms with Crippen LogP contribution in [0.1, 0.15) is 15.9 Å². The van der Waals surface area contributed by atoms with Gasteiger partial charge in [-0.15, -0.1) is 0 Å². The molecule has 1 fully saturated rings. The summed E-state index contributed by atoms with van der Waals surface area (Å²) in [5, 5.41) is 0. The van der Waals surface area contributed by atoms with Crippen LogP contribution in [0, 0.1) is 0 Å². The number of ether oxygens (including phenoxy) is 1. The van der Waals surface area contributed by atoms with Gasteiger partial charge in [-0.3, -0.25) is 10.6 Å². The van der Waals surface area contributed by atoms with Gasteiger partial charge in [0.25, 0.3) is 5.91 Å². The van der Waals surface area contributed by atoms with Crippen molar-refractivity contribution in [1.82, 2.24) is 4.90 Å². The topological polar surface area (TPSA) is 67.6 Å². The molecule has 0 saturated carbocycles. The van der Waals surface area contributed by atoms with Crippen molar-refractivity contribution in [2.75, 3.05) is 31.7 Å². The first-order chi connectivity index (χ1) is 9.45. The van der Waals surface area contributed by atoms with Crippen LogP contribution < -0.4 is 11.3 Å². The van der Waals surface area contributed by atoms with Gasteiger partial charge in [-0.1, -0.05) is 6.07 Å². The number of morpholine rings is 1. The molecule has 1 aromatic carbocycles. The Morgan fingerprint density at radius 3 is 2.50 bits per heavy atom. The lowest BCUT2D eigenvalue weighted by atomic mass is 10.1. The van der Waals surface area contributed by atoms with Crippen molar-refractivity contribution in [3.63, 3.8) is 0 Å². The van der Waals surface area contributed by atoms with Crippen molar-refractivity contribution in [1.29, 1.82) is 0 Å². The van der Waals surface area contributed by atoms with E-state index in [0.717, 1.165) is 6.07 Å². The van der Waals surface area contributed by atoms with Gasteiger partial charge >= 0.3 is 6.18 Å². The van der Waals surface area contributed by atoms with E-state index in [0.29, 0.717) is 26.3 Å². The molecule has 1 aliphatic heterocycles. The van der Waals surface area contributed by atoms with Crippen LogP contribution in [0.4, 0.5) is 18.9 Å². The van der Waals surface area contributed by atoms with E-state index in [9.17, 15) is 18.0 Å². The Hall–Kier alpha value is -1.80. The second kappa shape index (κ2) is 5.68. The smallest absolute Gasteiger partial charge is 0.378 e. The van der Waals surface area contributed by atoms with Crippen molar-refractivity contribution in [3.05, 3.63) is 29.3 Å². The second-order valence-electron chi connectivity index (χ2n) is 4.27. The maximum Gasteiger partial charge on any atom is 0.418 e. The summed E-state index contributed by atoms with van der Waals surface area (Å²) in [5.41, 5.74) is 0.533. The Kier molecular flexibility index (Phi) is 4.15. The van der Waals surface area contributed by atoms with Gasteiger partial charge in [0.1, 0.15) is 0 Å². The van der Waals surface area contributed by atoms with Crippen molar-refractivity contribution in [2.24, 2.45) is 5.84 Å². The number of carbonyl (C=O) groups excluding carboxylic acids is 1. The number of benzene rings is 1. The van der Waals surface area contributed by atoms with Crippen LogP contribution in [0.15, 0.2) is 18.2 Å². The number of carbonyl (C=O) groups is 1. The molecule has 0 radical (unpaired) electrons. The number of nitrogens with one attached hydrogen (secondary N) is 1. The lowest BCUT2D eigenvalue weighted by Crippen LogP contribution is -2.41. The van der Waals surface area contributed by atoms with Crippen LogP contribution in [-0.2, 0) is 10.9 Å². The number of hydrogen-bond donors (Lipinski definition) is 2. The zero-order valence-electron chi connectivity index (χ0n) is 10.5. The Bertz CT molecular complexity index is 499. The van der Waals surface area contributed by atoms with Gasteiger partial charge in [0.05, 0.1) is 30.0 Å². The first kappa shape index (κ1) is 14.6. The third-order valence-corrected chi connectivity index (χ3v) is 3.04. The molecule has 1 heterocycles. The highest BCUT2D eigenvalue weighted by molar-refractivity contribution is 6.00. The minimum Gasteiger partial charge on any atom is -0.378 e. The third kappa shape index (κ3) is 2.86. The number of nitrogens with two attached hydrogens (primary N) is 1. The van der Waals surface area contributed by atoms with E-state index in [4.69, 9.17) is 10.6 Å². The molecule has 8 heteroatoms. The standard InChI is InChI=1S/C12H14F3N3O2/c13-12(14,15)9-3-1-2-8(10(9)17-16)11(19)18-4-6-20-7-5-18/h1-3,17H,4-7,16H2. The number of halogens is 3. The summed E-state index contributed by atoms with van der Waals surface area (Å²) in [4.78, 5) is 13.7. The molecule has 0 spiro atoms. The molecular formula is C12H14F3N3O2. The van der Waals surface area contributed by atoms with E-state index in [1.807, 2.05) is 5.43 Å². The van der Waals surface area contributed by atoms with Gasteiger partial charge in [-0.2, -0.15) is 13.2 Å². The number of rotatable bonds is 2. The molecule has 2 rings (SSSR count). The van der Waals surface area contributed by atoms with Crippen LogP contribution in [-0.4, -0.2) is 37.1 Å². The van der Waals surface area contributed by atoms with Gasteiger partial charge in [-0.25, -0.2) is 0 Å². The van der Waals surface area contributed by atoms with Crippen molar-refractivity contribution in [2.45, 2.75) is 6.18 Å². The van der Waals surface area contributed by atoms with Crippen LogP contribution in [0.5, 0.6) is 0 Å². The average Bonchev–Trinajstić information content (AvgIpc) is 2.45. The molecule has 1 amide bonds. The fraction of sp³-hybridized carbons (Fsp3) is 0.417. The number of amides is 1. The van der Waals surface area contributed by atoms with E-state index < -0.39 is 23.3 Å². The Balaban J connectivity index is 2.38. The van der Waals surface area contributed by atoms with Crippen molar-refractivity contribution in [3.8, 4) is 0 Å². The number of hydrogen-bond acceptors (Lipinski definition) is 4. The normalized spacial score (nSPS) is 16.1. The third-order valence-electron chi connectivity index (χ3n) is 3.04. The van der Waals surface area contributed by atoms with E-state index >= 15 is 0 Å². The van der Waals surface area contributed by atoms with Gasteiger partial charge < -0.3 is 15.1 Å². The summed E-state index contributed by atoms with van der Waals surface area (Å²) >= 11 is 0. The molecule has 3 N–H and O–H groups in total. The predicted octanol–water partition coefficient (Wildman–Crippen LogP) is 1.46. The largest absolute Gasteiger partial charge is 0.418 e. The summed E-state index contributed by atoms with van der Waals surface area (Å²) in [6.45, 7) is 1.43. The number of nitrogens with zero attached hydrogens (tertiary/aromatic N) is 1. The summed E-state index contributed by atoms with van der Waals surface area (Å²) in [5.74, 6) is 4.68. The molecule has 0 atom stereocenters. The molecule has 0 aromatic heterocycles. The zero-order chi connectivity index (χ0) is 14.8. The highest BCUT2D eigenvalue weighted by Gasteiger charge is 2.35. The van der Waals surface area contributed by atoms with E-state index in [2.05, 4.69) is 0 Å². The van der Waals surface area contributed by atoms with Crippen molar-refractivity contribution < 1.29 is 22.7 Å². The number of anilines is 1. The first-order valence-electron chi connectivity index (χ1n) is 5.99. The summed E-state index contributed by atoms with van der Waals surface area (Å²) in [6.07, 6.45) is -4.58. The molecule has 1 saturated heterocycles. The quantitative estimate of drug-likeness (QED) is 0.639. The average molecular weight is 289 g/mol. The monoisotopic (exact) mass is 289 g/mol. The predicted molar refractivity (Wildman–Crippen MR) is 66.0 cm³/mol. The number of nitrogen functional groups attached to an aromatic ring is 1. The zero-order valence-corrected chi connectivity index (χ0v) is 10.5. The SMILES string of the molecule is NNc1c(C(=O)N2CCOCC2)cccc1C(F)(F)F. The maximum atomic E-state index is 12.9. The molecular weight excluding hydrogens is 275 g/mol. The highest BCUT2D eigenvalue weighted by atomic mass is 19.4. The first-order valence-corrected chi connectivity index (χ1v) is 5.99. The summed E-state index contributed by atoms with van der Waals surface area (Å²) in [7, 11) is 0. The van der Waals surface area contributed by atoms with Crippen LogP contribution in [0.3, 0.4) is 0 Å².